The predicted octanol–water partition coefficient (Wildman–Crippen LogP) is 3.38. The number of nitrogens with one attached hydrogen (secondary N) is 1. The molecule has 25 heavy (non-hydrogen) atoms. The standard InChI is InChI=1S/C20H21N3O2/c1-20(2,3)17-8-10-18(11-9-17)25-14-19(24)23-22-13-16-6-4-15(12-21)5-7-16/h4-11,13H,14H2,1-3H3,(H,23,24)/b22-13-. The van der Waals surface area contributed by atoms with E-state index in [1.807, 2.05) is 30.3 Å². The molecule has 0 spiro atoms. The van der Waals surface area contributed by atoms with Crippen molar-refractivity contribution in [3.05, 3.63) is 65.2 Å². The Labute approximate surface area is 147 Å². The van der Waals surface area contributed by atoms with Crippen LogP contribution in [0.1, 0.15) is 37.5 Å². The third-order valence-corrected chi connectivity index (χ3v) is 3.53. The number of amides is 1. The molecule has 5 nitrogen and oxygen atoms in total. The highest BCUT2D eigenvalue weighted by molar-refractivity contribution is 5.83. The van der Waals surface area contributed by atoms with Crippen LogP contribution in [0.2, 0.25) is 0 Å². The van der Waals surface area contributed by atoms with E-state index < -0.39 is 0 Å². The van der Waals surface area contributed by atoms with Crippen LogP contribution in [0, 0.1) is 11.3 Å². The monoisotopic (exact) mass is 335 g/mol. The van der Waals surface area contributed by atoms with Gasteiger partial charge in [-0.15, -0.1) is 0 Å². The maximum atomic E-state index is 11.7. The van der Waals surface area contributed by atoms with Crippen LogP contribution in [0.15, 0.2) is 53.6 Å². The Hall–Kier alpha value is -3.13. The summed E-state index contributed by atoms with van der Waals surface area (Å²) in [6, 6.07) is 16.6. The molecule has 2 aromatic carbocycles. The third kappa shape index (κ3) is 5.78. The lowest BCUT2D eigenvalue weighted by Gasteiger charge is -2.19. The van der Waals surface area contributed by atoms with Gasteiger partial charge in [-0.1, -0.05) is 45.0 Å². The summed E-state index contributed by atoms with van der Waals surface area (Å²) >= 11 is 0. The van der Waals surface area contributed by atoms with Crippen molar-refractivity contribution in [3.8, 4) is 11.8 Å². The molecule has 0 aliphatic rings. The van der Waals surface area contributed by atoms with Crippen LogP contribution in [0.5, 0.6) is 5.75 Å². The SMILES string of the molecule is CC(C)(C)c1ccc(OCC(=O)N/N=C\c2ccc(C#N)cc2)cc1. The quantitative estimate of drug-likeness (QED) is 0.672. The molecule has 0 radical (unpaired) electrons. The predicted molar refractivity (Wildman–Crippen MR) is 97.5 cm³/mol. The van der Waals surface area contributed by atoms with Gasteiger partial charge in [-0.2, -0.15) is 10.4 Å². The molecular formula is C20H21N3O2. The molecular weight excluding hydrogens is 314 g/mol. The smallest absolute Gasteiger partial charge is 0.277 e. The van der Waals surface area contributed by atoms with Gasteiger partial charge in [0.15, 0.2) is 6.61 Å². The van der Waals surface area contributed by atoms with Gasteiger partial charge in [-0.3, -0.25) is 4.79 Å². The van der Waals surface area contributed by atoms with Gasteiger partial charge in [0.05, 0.1) is 17.8 Å². The topological polar surface area (TPSA) is 74.5 Å². The molecule has 0 aromatic heterocycles. The Morgan fingerprint density at radius 2 is 1.80 bits per heavy atom. The zero-order valence-corrected chi connectivity index (χ0v) is 14.6. The molecule has 0 bridgehead atoms. The fraction of sp³-hybridized carbons (Fsp3) is 0.250. The van der Waals surface area contributed by atoms with Crippen LogP contribution in [0.25, 0.3) is 0 Å². The zero-order valence-electron chi connectivity index (χ0n) is 14.6. The van der Waals surface area contributed by atoms with Crippen LogP contribution in [-0.4, -0.2) is 18.7 Å². The Morgan fingerprint density at radius 3 is 2.36 bits per heavy atom. The molecule has 0 heterocycles. The van der Waals surface area contributed by atoms with Crippen molar-refractivity contribution < 1.29 is 9.53 Å². The van der Waals surface area contributed by atoms with E-state index >= 15 is 0 Å². The van der Waals surface area contributed by atoms with Gasteiger partial charge in [0, 0.05) is 0 Å². The minimum atomic E-state index is -0.343. The lowest BCUT2D eigenvalue weighted by molar-refractivity contribution is -0.123. The molecule has 5 heteroatoms. The van der Waals surface area contributed by atoms with Crippen LogP contribution in [0.4, 0.5) is 0 Å². The second-order valence-electron chi connectivity index (χ2n) is 6.59. The first-order valence-electron chi connectivity index (χ1n) is 7.94. The van der Waals surface area contributed by atoms with Crippen molar-refractivity contribution in [2.45, 2.75) is 26.2 Å². The maximum absolute atomic E-state index is 11.7. The Bertz CT molecular complexity index is 780. The van der Waals surface area contributed by atoms with Crippen LogP contribution < -0.4 is 10.2 Å². The lowest BCUT2D eigenvalue weighted by Crippen LogP contribution is -2.24. The molecule has 1 N–H and O–H groups in total. The molecule has 0 fully saturated rings. The summed E-state index contributed by atoms with van der Waals surface area (Å²) in [5, 5.41) is 12.6. The van der Waals surface area contributed by atoms with E-state index in [9.17, 15) is 4.79 Å². The molecule has 2 aromatic rings. The number of nitriles is 1. The highest BCUT2D eigenvalue weighted by Gasteiger charge is 2.13. The van der Waals surface area contributed by atoms with Crippen molar-refractivity contribution in [2.24, 2.45) is 5.10 Å². The summed E-state index contributed by atoms with van der Waals surface area (Å²) in [6.07, 6.45) is 1.51. The zero-order chi connectivity index (χ0) is 18.3. The number of nitrogens with zero attached hydrogens (tertiary/aromatic N) is 2. The number of rotatable bonds is 5. The van der Waals surface area contributed by atoms with Gasteiger partial charge in [-0.05, 0) is 40.8 Å². The minimum Gasteiger partial charge on any atom is -0.484 e. The number of ether oxygens (including phenoxy) is 1. The first-order chi connectivity index (χ1) is 11.9. The minimum absolute atomic E-state index is 0.0794. The van der Waals surface area contributed by atoms with Gasteiger partial charge in [0.2, 0.25) is 0 Å². The van der Waals surface area contributed by atoms with Crippen molar-refractivity contribution in [1.82, 2.24) is 5.43 Å². The van der Waals surface area contributed by atoms with Crippen LogP contribution >= 0.6 is 0 Å². The summed E-state index contributed by atoms with van der Waals surface area (Å²) in [5.41, 5.74) is 5.06. The maximum Gasteiger partial charge on any atom is 0.277 e. The van der Waals surface area contributed by atoms with Crippen molar-refractivity contribution in [3.63, 3.8) is 0 Å². The molecule has 2 rings (SSSR count). The summed E-state index contributed by atoms with van der Waals surface area (Å²) < 4.78 is 5.45. The van der Waals surface area contributed by atoms with Gasteiger partial charge < -0.3 is 4.74 Å². The highest BCUT2D eigenvalue weighted by atomic mass is 16.5. The van der Waals surface area contributed by atoms with Crippen LogP contribution in [-0.2, 0) is 10.2 Å². The highest BCUT2D eigenvalue weighted by Crippen LogP contribution is 2.24. The average Bonchev–Trinajstić information content (AvgIpc) is 2.60. The summed E-state index contributed by atoms with van der Waals surface area (Å²) in [7, 11) is 0. The normalized spacial score (nSPS) is 11.1. The lowest BCUT2D eigenvalue weighted by atomic mass is 9.87. The van der Waals surface area contributed by atoms with E-state index in [0.717, 1.165) is 5.56 Å². The number of hydrogen-bond donors (Lipinski definition) is 1. The fourth-order valence-corrected chi connectivity index (χ4v) is 2.05. The Balaban J connectivity index is 1.80. The molecule has 0 atom stereocenters. The fourth-order valence-electron chi connectivity index (χ4n) is 2.05. The summed E-state index contributed by atoms with van der Waals surface area (Å²) in [5.74, 6) is 0.295. The number of carbonyl (C=O) groups excluding carboxylic acids is 1. The number of carbonyl (C=O) groups is 1. The van der Waals surface area contributed by atoms with Crippen LogP contribution in [0.3, 0.4) is 0 Å². The first kappa shape index (κ1) is 18.2. The number of benzene rings is 2. The first-order valence-corrected chi connectivity index (χ1v) is 7.94. The number of hydrogen-bond acceptors (Lipinski definition) is 4. The molecule has 0 saturated heterocycles. The summed E-state index contributed by atoms with van der Waals surface area (Å²) in [4.78, 5) is 11.7. The number of hydrazone groups is 1. The van der Waals surface area contributed by atoms with Crippen molar-refractivity contribution >= 4 is 12.1 Å². The van der Waals surface area contributed by atoms with E-state index in [2.05, 4.69) is 31.3 Å². The Kier molecular flexibility index (Phi) is 5.91. The molecule has 128 valence electrons. The largest absolute Gasteiger partial charge is 0.484 e. The second kappa shape index (κ2) is 8.11. The van der Waals surface area contributed by atoms with Gasteiger partial charge in [0.1, 0.15) is 5.75 Å². The molecule has 0 unspecified atom stereocenters. The third-order valence-electron chi connectivity index (χ3n) is 3.53. The van der Waals surface area contributed by atoms with Gasteiger partial charge >= 0.3 is 0 Å². The average molecular weight is 335 g/mol. The molecule has 0 aliphatic carbocycles. The van der Waals surface area contributed by atoms with E-state index in [1.165, 1.54) is 11.8 Å². The second-order valence-corrected chi connectivity index (χ2v) is 6.59. The van der Waals surface area contributed by atoms with Crippen molar-refractivity contribution in [2.75, 3.05) is 6.61 Å². The van der Waals surface area contributed by atoms with Crippen molar-refractivity contribution in [1.29, 1.82) is 5.26 Å². The Morgan fingerprint density at radius 1 is 1.16 bits per heavy atom. The van der Waals surface area contributed by atoms with E-state index in [4.69, 9.17) is 10.00 Å². The molecule has 0 saturated carbocycles. The summed E-state index contributed by atoms with van der Waals surface area (Å²) in [6.45, 7) is 6.31. The van der Waals surface area contributed by atoms with Gasteiger partial charge in [0.25, 0.3) is 5.91 Å². The van der Waals surface area contributed by atoms with E-state index in [0.29, 0.717) is 11.3 Å². The molecule has 1 amide bonds. The van der Waals surface area contributed by atoms with E-state index in [-0.39, 0.29) is 17.9 Å². The van der Waals surface area contributed by atoms with Gasteiger partial charge in [-0.25, -0.2) is 5.43 Å². The van der Waals surface area contributed by atoms with E-state index in [1.54, 1.807) is 24.3 Å². The molecule has 0 aliphatic heterocycles.